The van der Waals surface area contributed by atoms with E-state index in [0.29, 0.717) is 12.1 Å². The van der Waals surface area contributed by atoms with Crippen molar-refractivity contribution < 1.29 is 14.3 Å². The van der Waals surface area contributed by atoms with Crippen LogP contribution in [0.3, 0.4) is 0 Å². The van der Waals surface area contributed by atoms with Gasteiger partial charge in [-0.2, -0.15) is 0 Å². The van der Waals surface area contributed by atoms with Crippen LogP contribution in [0.4, 0.5) is 5.69 Å². The number of amides is 1. The first-order valence-electron chi connectivity index (χ1n) is 8.84. The molecule has 0 unspecified atom stereocenters. The first kappa shape index (κ1) is 18.9. The van der Waals surface area contributed by atoms with Crippen molar-refractivity contribution >= 4 is 28.9 Å². The maximum atomic E-state index is 12.2. The Hall–Kier alpha value is -2.92. The molecule has 0 bridgehead atoms. The molecule has 0 spiro atoms. The lowest BCUT2D eigenvalue weighted by Gasteiger charge is -2.11. The maximum absolute atomic E-state index is 12.2. The number of nitrogens with one attached hydrogen (secondary N) is 1. The van der Waals surface area contributed by atoms with Gasteiger partial charge in [-0.05, 0) is 35.9 Å². The fourth-order valence-corrected chi connectivity index (χ4v) is 3.48. The lowest BCUT2D eigenvalue weighted by molar-refractivity contribution is -0.147. The van der Waals surface area contributed by atoms with Gasteiger partial charge in [-0.25, -0.2) is 0 Å². The summed E-state index contributed by atoms with van der Waals surface area (Å²) in [6.07, 6.45) is 1.88. The Morgan fingerprint density at radius 3 is 2.48 bits per heavy atom. The fraction of sp³-hybridized carbons (Fsp3) is 0.182. The zero-order valence-corrected chi connectivity index (χ0v) is 15.7. The van der Waals surface area contributed by atoms with Gasteiger partial charge in [0.1, 0.15) is 0 Å². The van der Waals surface area contributed by atoms with E-state index in [-0.39, 0.29) is 18.5 Å². The molecule has 138 valence electrons. The lowest BCUT2D eigenvalue weighted by atomic mass is 10.0. The number of anilines is 1. The van der Waals surface area contributed by atoms with Gasteiger partial charge in [-0.1, -0.05) is 54.6 Å². The Balaban J connectivity index is 1.47. The van der Waals surface area contributed by atoms with Gasteiger partial charge in [-0.15, -0.1) is 11.3 Å². The summed E-state index contributed by atoms with van der Waals surface area (Å²) in [5.41, 5.74) is 2.63. The van der Waals surface area contributed by atoms with Crippen LogP contribution in [0.2, 0.25) is 0 Å². The Kier molecular flexibility index (Phi) is 6.77. The third-order valence-corrected chi connectivity index (χ3v) is 4.97. The van der Waals surface area contributed by atoms with Crippen molar-refractivity contribution in [2.45, 2.75) is 19.3 Å². The van der Waals surface area contributed by atoms with E-state index >= 15 is 0 Å². The van der Waals surface area contributed by atoms with Crippen molar-refractivity contribution in [1.29, 1.82) is 0 Å². The molecule has 5 heteroatoms. The summed E-state index contributed by atoms with van der Waals surface area (Å²) in [7, 11) is 0. The number of hydrogen-bond acceptors (Lipinski definition) is 4. The van der Waals surface area contributed by atoms with Crippen LogP contribution in [0.1, 0.15) is 17.7 Å². The Labute approximate surface area is 162 Å². The van der Waals surface area contributed by atoms with Gasteiger partial charge in [-0.3, -0.25) is 9.59 Å². The first-order valence-corrected chi connectivity index (χ1v) is 9.72. The molecule has 0 aliphatic carbocycles. The number of benzene rings is 2. The molecule has 0 aliphatic rings. The molecule has 3 rings (SSSR count). The van der Waals surface area contributed by atoms with E-state index in [4.69, 9.17) is 4.74 Å². The van der Waals surface area contributed by atoms with Crippen LogP contribution in [0.15, 0.2) is 72.1 Å². The van der Waals surface area contributed by atoms with Gasteiger partial charge < -0.3 is 10.1 Å². The topological polar surface area (TPSA) is 55.4 Å². The smallest absolute Gasteiger partial charge is 0.306 e. The summed E-state index contributed by atoms with van der Waals surface area (Å²) in [5.74, 6) is -0.692. The number of esters is 1. The molecule has 3 aromatic rings. The maximum Gasteiger partial charge on any atom is 0.306 e. The van der Waals surface area contributed by atoms with Crippen molar-refractivity contribution in [3.8, 4) is 11.1 Å². The van der Waals surface area contributed by atoms with Crippen molar-refractivity contribution in [1.82, 2.24) is 0 Å². The fourth-order valence-electron chi connectivity index (χ4n) is 2.73. The minimum atomic E-state index is -0.349. The zero-order valence-electron chi connectivity index (χ0n) is 14.9. The van der Waals surface area contributed by atoms with Gasteiger partial charge in [0, 0.05) is 22.5 Å². The van der Waals surface area contributed by atoms with Gasteiger partial charge in [0.25, 0.3) is 5.91 Å². The number of hydrogen-bond donors (Lipinski definition) is 1. The molecule has 2 aromatic carbocycles. The molecule has 1 N–H and O–H groups in total. The number of para-hydroxylation sites is 1. The second-order valence-electron chi connectivity index (χ2n) is 6.05. The summed E-state index contributed by atoms with van der Waals surface area (Å²) in [6, 6.07) is 21.4. The molecule has 0 aliphatic heterocycles. The van der Waals surface area contributed by atoms with E-state index in [1.807, 2.05) is 72.1 Å². The van der Waals surface area contributed by atoms with E-state index < -0.39 is 0 Å². The number of thiophene rings is 1. The zero-order chi connectivity index (χ0) is 18.9. The van der Waals surface area contributed by atoms with Crippen molar-refractivity contribution in [2.24, 2.45) is 0 Å². The second kappa shape index (κ2) is 9.69. The average molecular weight is 379 g/mol. The third kappa shape index (κ3) is 5.79. The first-order chi connectivity index (χ1) is 13.2. The molecule has 1 amide bonds. The highest BCUT2D eigenvalue weighted by Crippen LogP contribution is 2.27. The molecule has 1 aromatic heterocycles. The number of carbonyl (C=O) groups is 2. The van der Waals surface area contributed by atoms with Crippen LogP contribution in [0.25, 0.3) is 11.1 Å². The van der Waals surface area contributed by atoms with Gasteiger partial charge in [0.05, 0.1) is 0 Å². The number of aryl methyl sites for hydroxylation is 1. The van der Waals surface area contributed by atoms with Crippen molar-refractivity contribution in [3.05, 3.63) is 77.0 Å². The Morgan fingerprint density at radius 2 is 1.70 bits per heavy atom. The molecule has 0 radical (unpaired) electrons. The summed E-state index contributed by atoms with van der Waals surface area (Å²) in [4.78, 5) is 25.2. The van der Waals surface area contributed by atoms with Crippen LogP contribution in [-0.4, -0.2) is 18.5 Å². The average Bonchev–Trinajstić information content (AvgIpc) is 3.21. The van der Waals surface area contributed by atoms with Gasteiger partial charge in [0.2, 0.25) is 0 Å². The van der Waals surface area contributed by atoms with Crippen LogP contribution in [-0.2, 0) is 20.7 Å². The summed E-state index contributed by atoms with van der Waals surface area (Å²) >= 11 is 1.68. The highest BCUT2D eigenvalue weighted by molar-refractivity contribution is 7.09. The summed E-state index contributed by atoms with van der Waals surface area (Å²) < 4.78 is 5.09. The van der Waals surface area contributed by atoms with E-state index in [9.17, 15) is 9.59 Å². The van der Waals surface area contributed by atoms with Gasteiger partial charge >= 0.3 is 5.97 Å². The van der Waals surface area contributed by atoms with E-state index in [2.05, 4.69) is 5.32 Å². The van der Waals surface area contributed by atoms with Crippen molar-refractivity contribution in [2.75, 3.05) is 11.9 Å². The predicted molar refractivity (Wildman–Crippen MR) is 109 cm³/mol. The molecule has 4 nitrogen and oxygen atoms in total. The van der Waals surface area contributed by atoms with Crippen LogP contribution >= 0.6 is 11.3 Å². The van der Waals surface area contributed by atoms with Crippen molar-refractivity contribution in [3.63, 3.8) is 0 Å². The van der Waals surface area contributed by atoms with Crippen LogP contribution in [0, 0.1) is 0 Å². The number of ether oxygens (including phenoxy) is 1. The lowest BCUT2D eigenvalue weighted by Crippen LogP contribution is -2.21. The predicted octanol–water partition coefficient (Wildman–Crippen LogP) is 4.92. The molecule has 0 fully saturated rings. The molecule has 0 saturated carbocycles. The molecular weight excluding hydrogens is 358 g/mol. The minimum Gasteiger partial charge on any atom is -0.456 e. The highest BCUT2D eigenvalue weighted by Gasteiger charge is 2.11. The van der Waals surface area contributed by atoms with E-state index in [1.165, 1.54) is 4.88 Å². The number of carbonyl (C=O) groups excluding carboxylic acids is 2. The van der Waals surface area contributed by atoms with Crippen LogP contribution in [0.5, 0.6) is 0 Å². The largest absolute Gasteiger partial charge is 0.456 e. The molecular formula is C22H21NO3S. The Morgan fingerprint density at radius 1 is 0.926 bits per heavy atom. The SMILES string of the molecule is O=C(COC(=O)CCCc1cccs1)Nc1ccccc1-c1ccccc1. The normalized spacial score (nSPS) is 10.4. The van der Waals surface area contributed by atoms with E-state index in [0.717, 1.165) is 24.0 Å². The minimum absolute atomic E-state index is 0.277. The number of rotatable bonds is 8. The molecule has 1 heterocycles. The monoisotopic (exact) mass is 379 g/mol. The quantitative estimate of drug-likeness (QED) is 0.565. The molecule has 0 atom stereocenters. The Bertz CT molecular complexity index is 876. The third-order valence-electron chi connectivity index (χ3n) is 4.03. The standard InChI is InChI=1S/C22H21NO3S/c24-21(16-26-22(25)14-6-10-18-11-7-15-27-18)23-20-13-5-4-12-19(20)17-8-2-1-3-9-17/h1-5,7-9,11-13,15H,6,10,14,16H2,(H,23,24). The molecule has 0 saturated heterocycles. The highest BCUT2D eigenvalue weighted by atomic mass is 32.1. The summed E-state index contributed by atoms with van der Waals surface area (Å²) in [6.45, 7) is -0.277. The van der Waals surface area contributed by atoms with Gasteiger partial charge in [0.15, 0.2) is 6.61 Å². The van der Waals surface area contributed by atoms with Crippen LogP contribution < -0.4 is 5.32 Å². The van der Waals surface area contributed by atoms with E-state index in [1.54, 1.807) is 11.3 Å². The summed E-state index contributed by atoms with van der Waals surface area (Å²) in [5, 5.41) is 4.85. The molecule has 27 heavy (non-hydrogen) atoms. The second-order valence-corrected chi connectivity index (χ2v) is 7.09.